The Bertz CT molecular complexity index is 734. The fourth-order valence-corrected chi connectivity index (χ4v) is 3.25. The number of aliphatic hydroxyl groups is 1. The predicted molar refractivity (Wildman–Crippen MR) is 116 cm³/mol. The van der Waals surface area contributed by atoms with E-state index in [1.54, 1.807) is 11.8 Å². The van der Waals surface area contributed by atoms with Crippen LogP contribution in [0.2, 0.25) is 0 Å². The zero-order valence-corrected chi connectivity index (χ0v) is 17.5. The molecule has 1 amide bonds. The molecule has 0 aliphatic carbocycles. The molecule has 1 heterocycles. The highest BCUT2D eigenvalue weighted by Crippen LogP contribution is 2.22. The zero-order chi connectivity index (χ0) is 19.8. The molecule has 7 heteroatoms. The number of halogens is 1. The maximum absolute atomic E-state index is 11.7. The van der Waals surface area contributed by atoms with Crippen LogP contribution in [-0.2, 0) is 4.74 Å². The van der Waals surface area contributed by atoms with E-state index >= 15 is 0 Å². The van der Waals surface area contributed by atoms with Gasteiger partial charge in [0.1, 0.15) is 18.5 Å². The third-order valence-electron chi connectivity index (χ3n) is 4.77. The van der Waals surface area contributed by atoms with Gasteiger partial charge in [0, 0.05) is 32.7 Å². The zero-order valence-electron chi connectivity index (χ0n) is 16.7. The number of β-amino-alcohol motifs (C(OH)–C–C–N with tert-alkyl or cyclic N) is 1. The van der Waals surface area contributed by atoms with Gasteiger partial charge in [0.25, 0.3) is 0 Å². The summed E-state index contributed by atoms with van der Waals surface area (Å²) in [6.45, 7) is 5.65. The van der Waals surface area contributed by atoms with Gasteiger partial charge >= 0.3 is 6.09 Å². The van der Waals surface area contributed by atoms with E-state index in [1.807, 2.05) is 42.5 Å². The van der Waals surface area contributed by atoms with Crippen molar-refractivity contribution in [2.75, 3.05) is 45.9 Å². The van der Waals surface area contributed by atoms with Crippen LogP contribution in [-0.4, -0.2) is 73.0 Å². The minimum absolute atomic E-state index is 0. The summed E-state index contributed by atoms with van der Waals surface area (Å²) in [6, 6.07) is 18.1. The van der Waals surface area contributed by atoms with E-state index in [4.69, 9.17) is 9.47 Å². The minimum Gasteiger partial charge on any atom is -0.491 e. The second-order valence-corrected chi connectivity index (χ2v) is 6.84. The van der Waals surface area contributed by atoms with Crippen LogP contribution in [0.1, 0.15) is 6.92 Å². The number of amides is 1. The van der Waals surface area contributed by atoms with Crippen molar-refractivity contribution in [2.24, 2.45) is 0 Å². The molecule has 0 spiro atoms. The third-order valence-corrected chi connectivity index (χ3v) is 4.77. The average molecular weight is 421 g/mol. The Morgan fingerprint density at radius 3 is 2.24 bits per heavy atom. The van der Waals surface area contributed by atoms with E-state index in [-0.39, 0.29) is 25.1 Å². The Kier molecular flexibility index (Phi) is 9.25. The van der Waals surface area contributed by atoms with E-state index < -0.39 is 6.10 Å². The highest BCUT2D eigenvalue weighted by molar-refractivity contribution is 5.85. The second kappa shape index (κ2) is 11.7. The van der Waals surface area contributed by atoms with Crippen molar-refractivity contribution < 1.29 is 19.4 Å². The molecule has 6 nitrogen and oxygen atoms in total. The van der Waals surface area contributed by atoms with Crippen LogP contribution >= 0.6 is 12.4 Å². The molecule has 158 valence electrons. The number of aliphatic hydroxyl groups excluding tert-OH is 1. The summed E-state index contributed by atoms with van der Waals surface area (Å²) in [5, 5.41) is 10.3. The lowest BCUT2D eigenvalue weighted by atomic mass is 10.1. The molecule has 1 aliphatic rings. The van der Waals surface area contributed by atoms with Crippen LogP contribution in [0.3, 0.4) is 0 Å². The Hall–Kier alpha value is -2.28. The van der Waals surface area contributed by atoms with Gasteiger partial charge < -0.3 is 19.5 Å². The van der Waals surface area contributed by atoms with E-state index in [0.717, 1.165) is 30.0 Å². The molecule has 29 heavy (non-hydrogen) atoms. The van der Waals surface area contributed by atoms with Crippen LogP contribution in [0, 0.1) is 0 Å². The first-order chi connectivity index (χ1) is 13.7. The normalized spacial score (nSPS) is 15.3. The van der Waals surface area contributed by atoms with Crippen molar-refractivity contribution in [3.8, 4) is 16.9 Å². The van der Waals surface area contributed by atoms with Gasteiger partial charge in [0.15, 0.2) is 0 Å². The van der Waals surface area contributed by atoms with Crippen LogP contribution in [0.5, 0.6) is 5.75 Å². The Morgan fingerprint density at radius 2 is 1.62 bits per heavy atom. The summed E-state index contributed by atoms with van der Waals surface area (Å²) in [4.78, 5) is 15.6. The molecule has 0 aromatic heterocycles. The molecule has 2 aromatic carbocycles. The standard InChI is InChI=1S/C22H28N2O4.ClH/c1-2-27-22(26)24-14-12-23(13-15-24)16-20(25)17-28-21-10-8-19(9-11-21)18-6-4-3-5-7-18;/h3-11,20,25H,2,12-17H2,1H3;1H. The van der Waals surface area contributed by atoms with E-state index in [2.05, 4.69) is 17.0 Å². The molecular weight excluding hydrogens is 392 g/mol. The fourth-order valence-electron chi connectivity index (χ4n) is 3.25. The van der Waals surface area contributed by atoms with Gasteiger partial charge in [-0.2, -0.15) is 0 Å². The Balaban J connectivity index is 0.00000300. The molecular formula is C22H29ClN2O4. The number of carbonyl (C=O) groups is 1. The van der Waals surface area contributed by atoms with Gasteiger partial charge in [-0.05, 0) is 30.2 Å². The smallest absolute Gasteiger partial charge is 0.409 e. The number of benzene rings is 2. The molecule has 1 saturated heterocycles. The van der Waals surface area contributed by atoms with Crippen LogP contribution in [0.25, 0.3) is 11.1 Å². The van der Waals surface area contributed by atoms with E-state index in [0.29, 0.717) is 26.2 Å². The molecule has 3 rings (SSSR count). The van der Waals surface area contributed by atoms with Crippen molar-refractivity contribution in [3.05, 3.63) is 54.6 Å². The van der Waals surface area contributed by atoms with Crippen molar-refractivity contribution in [2.45, 2.75) is 13.0 Å². The largest absolute Gasteiger partial charge is 0.491 e. The molecule has 1 fully saturated rings. The molecule has 0 radical (unpaired) electrons. The van der Waals surface area contributed by atoms with Gasteiger partial charge in [-0.15, -0.1) is 12.4 Å². The van der Waals surface area contributed by atoms with Gasteiger partial charge in [0.05, 0.1) is 6.61 Å². The van der Waals surface area contributed by atoms with Gasteiger partial charge in [-0.3, -0.25) is 4.90 Å². The van der Waals surface area contributed by atoms with Crippen LogP contribution < -0.4 is 4.74 Å². The molecule has 1 aliphatic heterocycles. The number of rotatable bonds is 7. The van der Waals surface area contributed by atoms with E-state index in [1.165, 1.54) is 0 Å². The first-order valence-electron chi connectivity index (χ1n) is 9.76. The molecule has 0 bridgehead atoms. The SMILES string of the molecule is CCOC(=O)N1CCN(CC(O)COc2ccc(-c3ccccc3)cc2)CC1.Cl. The number of piperazine rings is 1. The molecule has 1 N–H and O–H groups in total. The van der Waals surface area contributed by atoms with Gasteiger partial charge in [-0.1, -0.05) is 42.5 Å². The number of hydrogen-bond acceptors (Lipinski definition) is 5. The quantitative estimate of drug-likeness (QED) is 0.744. The summed E-state index contributed by atoms with van der Waals surface area (Å²) >= 11 is 0. The summed E-state index contributed by atoms with van der Waals surface area (Å²) in [6.07, 6.45) is -0.840. The maximum Gasteiger partial charge on any atom is 0.409 e. The van der Waals surface area contributed by atoms with Gasteiger partial charge in [0.2, 0.25) is 0 Å². The minimum atomic E-state index is -0.581. The van der Waals surface area contributed by atoms with Crippen LogP contribution in [0.4, 0.5) is 4.79 Å². The Labute approximate surface area is 178 Å². The predicted octanol–water partition coefficient (Wildman–Crippen LogP) is 3.29. The molecule has 0 saturated carbocycles. The fraction of sp³-hybridized carbons (Fsp3) is 0.409. The third kappa shape index (κ3) is 6.92. The highest BCUT2D eigenvalue weighted by Gasteiger charge is 2.23. The van der Waals surface area contributed by atoms with Gasteiger partial charge in [-0.25, -0.2) is 4.79 Å². The monoisotopic (exact) mass is 420 g/mol. The first kappa shape index (κ1) is 23.0. The topological polar surface area (TPSA) is 62.2 Å². The number of nitrogens with zero attached hydrogens (tertiary/aromatic N) is 2. The number of hydrogen-bond donors (Lipinski definition) is 1. The van der Waals surface area contributed by atoms with Crippen molar-refractivity contribution in [1.82, 2.24) is 9.80 Å². The molecule has 1 unspecified atom stereocenters. The van der Waals surface area contributed by atoms with Crippen molar-refractivity contribution in [1.29, 1.82) is 0 Å². The lowest BCUT2D eigenvalue weighted by molar-refractivity contribution is 0.0408. The average Bonchev–Trinajstić information content (AvgIpc) is 2.74. The van der Waals surface area contributed by atoms with E-state index in [9.17, 15) is 9.90 Å². The summed E-state index contributed by atoms with van der Waals surface area (Å²) in [5.41, 5.74) is 2.30. The lowest BCUT2D eigenvalue weighted by Gasteiger charge is -2.34. The maximum atomic E-state index is 11.7. The Morgan fingerprint density at radius 1 is 1.00 bits per heavy atom. The van der Waals surface area contributed by atoms with Crippen LogP contribution in [0.15, 0.2) is 54.6 Å². The molecule has 2 aromatic rings. The van der Waals surface area contributed by atoms with Crippen molar-refractivity contribution in [3.63, 3.8) is 0 Å². The highest BCUT2D eigenvalue weighted by atomic mass is 35.5. The second-order valence-electron chi connectivity index (χ2n) is 6.84. The summed E-state index contributed by atoms with van der Waals surface area (Å²) < 4.78 is 10.8. The first-order valence-corrected chi connectivity index (χ1v) is 9.76. The number of ether oxygens (including phenoxy) is 2. The lowest BCUT2D eigenvalue weighted by Crippen LogP contribution is -2.51. The molecule has 1 atom stereocenters. The summed E-state index contributed by atoms with van der Waals surface area (Å²) in [7, 11) is 0. The summed E-state index contributed by atoms with van der Waals surface area (Å²) in [5.74, 6) is 0.742. The van der Waals surface area contributed by atoms with Crippen molar-refractivity contribution >= 4 is 18.5 Å². The number of carbonyl (C=O) groups excluding carboxylic acids is 1.